The van der Waals surface area contributed by atoms with Crippen molar-refractivity contribution in [2.75, 3.05) is 13.1 Å². The van der Waals surface area contributed by atoms with Gasteiger partial charge in [-0.05, 0) is 51.1 Å². The molecule has 0 bridgehead atoms. The Labute approximate surface area is 122 Å². The number of furan rings is 1. The van der Waals surface area contributed by atoms with Gasteiger partial charge in [0.05, 0.1) is 6.54 Å². The van der Waals surface area contributed by atoms with E-state index in [1.54, 1.807) is 0 Å². The van der Waals surface area contributed by atoms with Crippen LogP contribution in [0.3, 0.4) is 0 Å². The van der Waals surface area contributed by atoms with E-state index in [9.17, 15) is 0 Å². The lowest BCUT2D eigenvalue weighted by Crippen LogP contribution is -2.34. The van der Waals surface area contributed by atoms with Crippen molar-refractivity contribution in [2.45, 2.75) is 65.1 Å². The highest BCUT2D eigenvalue weighted by molar-refractivity contribution is 5.21. The van der Waals surface area contributed by atoms with Gasteiger partial charge < -0.3 is 9.73 Å². The maximum Gasteiger partial charge on any atom is 0.118 e. The molecule has 20 heavy (non-hydrogen) atoms. The zero-order chi connectivity index (χ0) is 13.9. The fourth-order valence-electron chi connectivity index (χ4n) is 3.23. The molecule has 1 aliphatic heterocycles. The number of rotatable bonds is 6. The van der Waals surface area contributed by atoms with Gasteiger partial charge in [0.15, 0.2) is 0 Å². The van der Waals surface area contributed by atoms with Gasteiger partial charge in [0.1, 0.15) is 11.5 Å². The van der Waals surface area contributed by atoms with E-state index in [1.807, 2.05) is 0 Å². The SMILES string of the molecule is CCC1CCCN(Cc2cc(CNC3CC3)c(C)o2)C1. The molecule has 3 heteroatoms. The lowest BCUT2D eigenvalue weighted by Gasteiger charge is -2.31. The van der Waals surface area contributed by atoms with Gasteiger partial charge >= 0.3 is 0 Å². The minimum absolute atomic E-state index is 0.764. The maximum absolute atomic E-state index is 5.96. The van der Waals surface area contributed by atoms with Gasteiger partial charge in [-0.2, -0.15) is 0 Å². The summed E-state index contributed by atoms with van der Waals surface area (Å²) < 4.78 is 5.96. The average molecular weight is 276 g/mol. The van der Waals surface area contributed by atoms with Crippen molar-refractivity contribution in [1.29, 1.82) is 0 Å². The molecule has 0 aromatic carbocycles. The van der Waals surface area contributed by atoms with Gasteiger partial charge in [0, 0.05) is 24.7 Å². The number of nitrogens with zero attached hydrogens (tertiary/aromatic N) is 1. The topological polar surface area (TPSA) is 28.4 Å². The molecule has 112 valence electrons. The van der Waals surface area contributed by atoms with Gasteiger partial charge in [0.2, 0.25) is 0 Å². The molecule has 0 radical (unpaired) electrons. The largest absolute Gasteiger partial charge is 0.465 e. The van der Waals surface area contributed by atoms with Crippen LogP contribution in [0.15, 0.2) is 10.5 Å². The summed E-state index contributed by atoms with van der Waals surface area (Å²) in [4.78, 5) is 2.56. The lowest BCUT2D eigenvalue weighted by molar-refractivity contribution is 0.154. The Morgan fingerprint density at radius 1 is 1.35 bits per heavy atom. The first-order valence-electron chi connectivity index (χ1n) is 8.28. The number of likely N-dealkylation sites (tertiary alicyclic amines) is 1. The quantitative estimate of drug-likeness (QED) is 0.862. The van der Waals surface area contributed by atoms with Crippen molar-refractivity contribution in [3.63, 3.8) is 0 Å². The van der Waals surface area contributed by atoms with Gasteiger partial charge in [0.25, 0.3) is 0 Å². The Morgan fingerprint density at radius 2 is 2.20 bits per heavy atom. The minimum atomic E-state index is 0.764. The normalized spacial score (nSPS) is 24.2. The van der Waals surface area contributed by atoms with Gasteiger partial charge in [-0.1, -0.05) is 13.3 Å². The molecular formula is C17H28N2O. The minimum Gasteiger partial charge on any atom is -0.465 e. The molecule has 1 unspecified atom stereocenters. The molecule has 1 atom stereocenters. The molecule has 1 saturated heterocycles. The average Bonchev–Trinajstić information content (AvgIpc) is 3.21. The second-order valence-electron chi connectivity index (χ2n) is 6.60. The summed E-state index contributed by atoms with van der Waals surface area (Å²) in [6.07, 6.45) is 6.74. The molecule has 1 saturated carbocycles. The van der Waals surface area contributed by atoms with Crippen LogP contribution in [0.2, 0.25) is 0 Å². The van der Waals surface area contributed by atoms with Crippen molar-refractivity contribution in [3.05, 3.63) is 23.2 Å². The molecule has 2 fully saturated rings. The van der Waals surface area contributed by atoms with E-state index in [1.165, 1.54) is 50.8 Å². The molecule has 1 N–H and O–H groups in total. The Hall–Kier alpha value is -0.800. The first-order chi connectivity index (χ1) is 9.74. The molecular weight excluding hydrogens is 248 g/mol. The molecule has 1 aliphatic carbocycles. The molecule has 1 aromatic rings. The number of aryl methyl sites for hydroxylation is 1. The Kier molecular flexibility index (Phi) is 4.47. The fraction of sp³-hybridized carbons (Fsp3) is 0.765. The van der Waals surface area contributed by atoms with Crippen LogP contribution in [0.25, 0.3) is 0 Å². The zero-order valence-electron chi connectivity index (χ0n) is 13.0. The van der Waals surface area contributed by atoms with E-state index in [0.717, 1.165) is 36.6 Å². The summed E-state index contributed by atoms with van der Waals surface area (Å²) in [5.74, 6) is 3.12. The summed E-state index contributed by atoms with van der Waals surface area (Å²) in [6.45, 7) is 8.83. The molecule has 0 amide bonds. The Morgan fingerprint density at radius 3 is 2.95 bits per heavy atom. The van der Waals surface area contributed by atoms with Crippen LogP contribution in [0.5, 0.6) is 0 Å². The van der Waals surface area contributed by atoms with Gasteiger partial charge in [-0.3, -0.25) is 4.90 Å². The molecule has 0 spiro atoms. The van der Waals surface area contributed by atoms with Crippen molar-refractivity contribution < 1.29 is 4.42 Å². The van der Waals surface area contributed by atoms with Gasteiger partial charge in [-0.25, -0.2) is 0 Å². The predicted octanol–water partition coefficient (Wildman–Crippen LogP) is 3.46. The van der Waals surface area contributed by atoms with E-state index in [4.69, 9.17) is 4.42 Å². The van der Waals surface area contributed by atoms with E-state index in [0.29, 0.717) is 0 Å². The standard InChI is InChI=1S/C17H28N2O/c1-3-14-5-4-8-19(11-14)12-17-9-15(13(2)20-17)10-18-16-6-7-16/h9,14,16,18H,3-8,10-12H2,1-2H3. The first-order valence-corrected chi connectivity index (χ1v) is 8.28. The fourth-order valence-corrected chi connectivity index (χ4v) is 3.23. The highest BCUT2D eigenvalue weighted by Crippen LogP contribution is 2.24. The van der Waals surface area contributed by atoms with Gasteiger partial charge in [-0.15, -0.1) is 0 Å². The highest BCUT2D eigenvalue weighted by atomic mass is 16.3. The molecule has 2 heterocycles. The van der Waals surface area contributed by atoms with Crippen molar-refractivity contribution >= 4 is 0 Å². The second kappa shape index (κ2) is 6.31. The third kappa shape index (κ3) is 3.64. The van der Waals surface area contributed by atoms with Crippen LogP contribution in [-0.4, -0.2) is 24.0 Å². The van der Waals surface area contributed by atoms with Crippen LogP contribution in [-0.2, 0) is 13.1 Å². The number of hydrogen-bond donors (Lipinski definition) is 1. The lowest BCUT2D eigenvalue weighted by atomic mass is 9.96. The zero-order valence-corrected chi connectivity index (χ0v) is 13.0. The third-order valence-electron chi connectivity index (χ3n) is 4.79. The molecule has 3 rings (SSSR count). The third-order valence-corrected chi connectivity index (χ3v) is 4.79. The number of piperidine rings is 1. The molecule has 1 aromatic heterocycles. The summed E-state index contributed by atoms with van der Waals surface area (Å²) in [5.41, 5.74) is 1.34. The summed E-state index contributed by atoms with van der Waals surface area (Å²) in [7, 11) is 0. The summed E-state index contributed by atoms with van der Waals surface area (Å²) in [5, 5.41) is 3.57. The van der Waals surface area contributed by atoms with E-state index >= 15 is 0 Å². The van der Waals surface area contributed by atoms with E-state index in [-0.39, 0.29) is 0 Å². The summed E-state index contributed by atoms with van der Waals surface area (Å²) in [6, 6.07) is 3.03. The Balaban J connectivity index is 1.55. The molecule has 2 aliphatic rings. The second-order valence-corrected chi connectivity index (χ2v) is 6.60. The monoisotopic (exact) mass is 276 g/mol. The van der Waals surface area contributed by atoms with Crippen molar-refractivity contribution in [1.82, 2.24) is 10.2 Å². The predicted molar refractivity (Wildman–Crippen MR) is 81.6 cm³/mol. The van der Waals surface area contributed by atoms with Crippen LogP contribution < -0.4 is 5.32 Å². The number of hydrogen-bond acceptors (Lipinski definition) is 3. The van der Waals surface area contributed by atoms with Crippen LogP contribution >= 0.6 is 0 Å². The van der Waals surface area contributed by atoms with Crippen LogP contribution in [0.1, 0.15) is 56.1 Å². The smallest absolute Gasteiger partial charge is 0.118 e. The van der Waals surface area contributed by atoms with Crippen LogP contribution in [0, 0.1) is 12.8 Å². The highest BCUT2D eigenvalue weighted by Gasteiger charge is 2.22. The van der Waals surface area contributed by atoms with Crippen LogP contribution in [0.4, 0.5) is 0 Å². The first kappa shape index (κ1) is 14.2. The summed E-state index contributed by atoms with van der Waals surface area (Å²) >= 11 is 0. The maximum atomic E-state index is 5.96. The number of nitrogens with one attached hydrogen (secondary N) is 1. The van der Waals surface area contributed by atoms with Crippen molar-refractivity contribution in [2.24, 2.45) is 5.92 Å². The Bertz CT molecular complexity index is 436. The van der Waals surface area contributed by atoms with Crippen molar-refractivity contribution in [3.8, 4) is 0 Å². The molecule has 3 nitrogen and oxygen atoms in total. The van der Waals surface area contributed by atoms with E-state index < -0.39 is 0 Å². The van der Waals surface area contributed by atoms with E-state index in [2.05, 4.69) is 30.1 Å².